The molecule has 2 aliphatic rings. The van der Waals surface area contributed by atoms with E-state index in [2.05, 4.69) is 26.3 Å². The second kappa shape index (κ2) is 11.7. The van der Waals surface area contributed by atoms with Gasteiger partial charge in [0.2, 0.25) is 0 Å². The molecule has 9 nitrogen and oxygen atoms in total. The molecule has 3 aromatic rings. The minimum Gasteiger partial charge on any atom is -0.493 e. The first-order chi connectivity index (χ1) is 18.7. The van der Waals surface area contributed by atoms with E-state index in [1.165, 1.54) is 19.5 Å². The molecule has 0 unspecified atom stereocenters. The number of nitrogens with one attached hydrogen (secondary N) is 2. The Morgan fingerprint density at radius 3 is 2.41 bits per heavy atom. The zero-order valence-corrected chi connectivity index (χ0v) is 23.8. The average Bonchev–Trinajstić information content (AvgIpc) is 2.88. The number of hydrogen-bond acceptors (Lipinski definition) is 9. The van der Waals surface area contributed by atoms with Crippen molar-refractivity contribution in [3.05, 3.63) is 69.1 Å². The summed E-state index contributed by atoms with van der Waals surface area (Å²) >= 11 is 12.6. The van der Waals surface area contributed by atoms with E-state index in [4.69, 9.17) is 43.8 Å². The van der Waals surface area contributed by atoms with Gasteiger partial charge in [-0.2, -0.15) is 5.26 Å². The molecule has 0 aliphatic carbocycles. The van der Waals surface area contributed by atoms with Gasteiger partial charge in [0.15, 0.2) is 11.5 Å². The highest BCUT2D eigenvalue weighted by molar-refractivity contribution is 6.35. The van der Waals surface area contributed by atoms with Crippen LogP contribution < -0.4 is 25.4 Å². The number of hydrogen-bond donors (Lipinski definition) is 3. The monoisotopic (exact) mass is 567 g/mol. The Bertz CT molecular complexity index is 1410. The summed E-state index contributed by atoms with van der Waals surface area (Å²) in [7, 11) is 1.50. The van der Waals surface area contributed by atoms with E-state index in [1.807, 2.05) is 13.8 Å². The highest BCUT2D eigenvalue weighted by Crippen LogP contribution is 2.39. The summed E-state index contributed by atoms with van der Waals surface area (Å²) in [6, 6.07) is 7.13. The number of nitrogens with zero attached hydrogens (tertiary/aromatic N) is 4. The Morgan fingerprint density at radius 2 is 1.85 bits per heavy atom. The first-order valence-corrected chi connectivity index (χ1v) is 13.4. The predicted octanol–water partition coefficient (Wildman–Crippen LogP) is 5.38. The summed E-state index contributed by atoms with van der Waals surface area (Å²) in [6.45, 7) is 8.47. The van der Waals surface area contributed by atoms with Gasteiger partial charge < -0.3 is 25.4 Å². The summed E-state index contributed by atoms with van der Waals surface area (Å²) in [5, 5.41) is 22.9. The molecule has 0 amide bonds. The van der Waals surface area contributed by atoms with Crippen LogP contribution >= 0.6 is 23.2 Å². The predicted molar refractivity (Wildman–Crippen MR) is 155 cm³/mol. The lowest BCUT2D eigenvalue weighted by Gasteiger charge is -2.57. The normalized spacial score (nSPS) is 15.7. The number of halogens is 2. The Kier molecular flexibility index (Phi) is 8.50. The first-order valence-electron chi connectivity index (χ1n) is 12.7. The molecule has 1 atom stereocenters. The highest BCUT2D eigenvalue weighted by Gasteiger charge is 2.48. The van der Waals surface area contributed by atoms with Crippen LogP contribution in [0.25, 0.3) is 0 Å². The molecule has 2 saturated heterocycles. The number of pyridine rings is 2. The van der Waals surface area contributed by atoms with Gasteiger partial charge in [-0.15, -0.1) is 0 Å². The van der Waals surface area contributed by atoms with E-state index in [0.717, 1.165) is 26.1 Å². The molecule has 39 heavy (non-hydrogen) atoms. The topological polar surface area (TPSA) is 133 Å². The molecule has 11 heteroatoms. The lowest BCUT2D eigenvalue weighted by Crippen LogP contribution is -2.76. The molecule has 1 spiro atoms. The molecule has 204 valence electrons. The van der Waals surface area contributed by atoms with Crippen LogP contribution in [0.4, 0.5) is 11.5 Å². The third kappa shape index (κ3) is 5.46. The Balaban J connectivity index is 0.00000172. The summed E-state index contributed by atoms with van der Waals surface area (Å²) in [4.78, 5) is 10.6. The van der Waals surface area contributed by atoms with Crippen LogP contribution in [0.3, 0.4) is 0 Å². The second-order valence-corrected chi connectivity index (χ2v) is 10.1. The summed E-state index contributed by atoms with van der Waals surface area (Å²) in [6.07, 6.45) is 5.18. The van der Waals surface area contributed by atoms with Gasteiger partial charge in [-0.3, -0.25) is 10.4 Å². The fourth-order valence-electron chi connectivity index (χ4n) is 4.77. The molecule has 4 N–H and O–H groups in total. The van der Waals surface area contributed by atoms with Gasteiger partial charge >= 0.3 is 0 Å². The number of ether oxygens (including phenoxy) is 2. The lowest BCUT2D eigenvalue weighted by molar-refractivity contribution is 0.158. The van der Waals surface area contributed by atoms with Crippen LogP contribution in [0.2, 0.25) is 10.0 Å². The molecular weight excluding hydrogens is 537 g/mol. The van der Waals surface area contributed by atoms with E-state index in [0.29, 0.717) is 55.3 Å². The van der Waals surface area contributed by atoms with Gasteiger partial charge in [0.05, 0.1) is 34.0 Å². The van der Waals surface area contributed by atoms with Crippen molar-refractivity contribution < 1.29 is 9.47 Å². The van der Waals surface area contributed by atoms with Gasteiger partial charge in [0.1, 0.15) is 18.0 Å². The molecule has 0 bridgehead atoms. The molecule has 0 radical (unpaired) electrons. The number of anilines is 2. The van der Waals surface area contributed by atoms with Gasteiger partial charge in [0.25, 0.3) is 0 Å². The first kappa shape index (κ1) is 28.4. The van der Waals surface area contributed by atoms with Crippen molar-refractivity contribution in [1.29, 1.82) is 10.7 Å². The zero-order valence-electron chi connectivity index (χ0n) is 22.3. The number of benzene rings is 1. The number of rotatable bonds is 7. The minimum atomic E-state index is -0.543. The number of nitrogens with two attached hydrogens (primary N) is 1. The standard InChI is InChI=1S/C26H25Cl2N7O2.C2H6/c1-14(23-18(27)10-32-11-19(23)28)37-22-6-17(20(30)7-21(22)36-2)24(31)16-5-15(8-29)25(33-9-16)35-12-26(13-35)3-4-34-26;1-2/h5-7,9-11,14,31,34H,3-4,12-13,30H2,1-2H3;1-2H3/t14-;/m1./s1. The number of aromatic nitrogens is 2. The van der Waals surface area contributed by atoms with Crippen molar-refractivity contribution in [2.45, 2.75) is 38.8 Å². The van der Waals surface area contributed by atoms with Crippen LogP contribution in [-0.2, 0) is 0 Å². The van der Waals surface area contributed by atoms with Crippen molar-refractivity contribution in [3.8, 4) is 17.6 Å². The molecule has 5 rings (SSSR count). The molecule has 2 aliphatic heterocycles. The highest BCUT2D eigenvalue weighted by atomic mass is 35.5. The molecule has 2 aromatic heterocycles. The van der Waals surface area contributed by atoms with E-state index < -0.39 is 6.10 Å². The second-order valence-electron chi connectivity index (χ2n) is 9.26. The minimum absolute atomic E-state index is 0.105. The fraction of sp³-hybridized carbons (Fsp3) is 0.357. The third-order valence-corrected chi connectivity index (χ3v) is 7.47. The smallest absolute Gasteiger partial charge is 0.162 e. The van der Waals surface area contributed by atoms with E-state index in [9.17, 15) is 5.26 Å². The van der Waals surface area contributed by atoms with Crippen molar-refractivity contribution in [2.24, 2.45) is 0 Å². The van der Waals surface area contributed by atoms with E-state index in [1.54, 1.807) is 31.3 Å². The maximum atomic E-state index is 9.79. The zero-order chi connectivity index (χ0) is 28.3. The number of nitrogen functional groups attached to an aromatic ring is 1. The molecule has 4 heterocycles. The van der Waals surface area contributed by atoms with Crippen molar-refractivity contribution in [3.63, 3.8) is 0 Å². The van der Waals surface area contributed by atoms with Crippen LogP contribution in [0.5, 0.6) is 11.5 Å². The van der Waals surface area contributed by atoms with Crippen molar-refractivity contribution >= 4 is 40.4 Å². The van der Waals surface area contributed by atoms with Crippen LogP contribution in [0.1, 0.15) is 55.5 Å². The van der Waals surface area contributed by atoms with Gasteiger partial charge in [0, 0.05) is 60.1 Å². The van der Waals surface area contributed by atoms with Gasteiger partial charge in [-0.25, -0.2) is 4.98 Å². The van der Waals surface area contributed by atoms with E-state index in [-0.39, 0.29) is 11.3 Å². The fourth-order valence-corrected chi connectivity index (χ4v) is 5.44. The van der Waals surface area contributed by atoms with Crippen LogP contribution in [-0.4, -0.2) is 48.0 Å². The third-order valence-electron chi connectivity index (χ3n) is 6.87. The SMILES string of the molecule is CC.COc1cc(N)c(C(=N)c2cnc(N3CC4(CCN4)C3)c(C#N)c2)cc1O[C@H](C)c1c(Cl)cncc1Cl. The number of nitriles is 1. The van der Waals surface area contributed by atoms with Gasteiger partial charge in [-0.05, 0) is 32.0 Å². The van der Waals surface area contributed by atoms with Crippen molar-refractivity contribution in [2.75, 3.05) is 37.4 Å². The maximum absolute atomic E-state index is 9.79. The van der Waals surface area contributed by atoms with Gasteiger partial charge in [-0.1, -0.05) is 37.0 Å². The average molecular weight is 569 g/mol. The quantitative estimate of drug-likeness (QED) is 0.256. The summed E-state index contributed by atoms with van der Waals surface area (Å²) in [5.41, 5.74) is 8.76. The van der Waals surface area contributed by atoms with Crippen molar-refractivity contribution in [1.82, 2.24) is 15.3 Å². The lowest BCUT2D eigenvalue weighted by atomic mass is 9.80. The van der Waals surface area contributed by atoms with Crippen LogP contribution in [0.15, 0.2) is 36.8 Å². The Morgan fingerprint density at radius 1 is 1.18 bits per heavy atom. The van der Waals surface area contributed by atoms with Crippen LogP contribution in [0, 0.1) is 16.7 Å². The summed E-state index contributed by atoms with van der Waals surface area (Å²) in [5.74, 6) is 1.38. The molecule has 2 fully saturated rings. The maximum Gasteiger partial charge on any atom is 0.162 e. The Hall–Kier alpha value is -3.58. The molecule has 0 saturated carbocycles. The largest absolute Gasteiger partial charge is 0.493 e. The van der Waals surface area contributed by atoms with E-state index >= 15 is 0 Å². The molecular formula is C28H31Cl2N7O2. The Labute approximate surface area is 238 Å². The molecule has 1 aromatic carbocycles. The number of methoxy groups -OCH3 is 1. The summed E-state index contributed by atoms with van der Waals surface area (Å²) < 4.78 is 11.6.